The second-order valence-corrected chi connectivity index (χ2v) is 5.07. The van der Waals surface area contributed by atoms with Crippen molar-refractivity contribution in [1.29, 1.82) is 0 Å². The molecule has 2 aliphatic heterocycles. The fourth-order valence-electron chi connectivity index (χ4n) is 2.38. The molecule has 2 aliphatic rings. The van der Waals surface area contributed by atoms with Crippen molar-refractivity contribution in [2.24, 2.45) is 5.92 Å². The Morgan fingerprint density at radius 1 is 1.32 bits per heavy atom. The van der Waals surface area contributed by atoms with Crippen LogP contribution in [0.25, 0.3) is 0 Å². The second-order valence-electron chi connectivity index (χ2n) is 5.07. The first-order valence-electron chi connectivity index (χ1n) is 6.17. The molecule has 0 aromatic rings. The molecule has 19 heavy (non-hydrogen) atoms. The van der Waals surface area contributed by atoms with Crippen LogP contribution in [0.5, 0.6) is 0 Å². The molecule has 1 atom stereocenters. The minimum absolute atomic E-state index is 0. The van der Waals surface area contributed by atoms with Crippen LogP contribution < -0.4 is 5.32 Å². The average Bonchev–Trinajstić information content (AvgIpc) is 2.16. The summed E-state index contributed by atoms with van der Waals surface area (Å²) in [5.41, 5.74) is 0. The van der Waals surface area contributed by atoms with E-state index in [2.05, 4.69) is 5.32 Å². The summed E-state index contributed by atoms with van der Waals surface area (Å²) < 4.78 is 37.0. The first kappa shape index (κ1) is 16.5. The van der Waals surface area contributed by atoms with Gasteiger partial charge in [-0.2, -0.15) is 13.2 Å². The fourth-order valence-corrected chi connectivity index (χ4v) is 2.38. The summed E-state index contributed by atoms with van der Waals surface area (Å²) >= 11 is 0. The zero-order valence-electron chi connectivity index (χ0n) is 10.7. The van der Waals surface area contributed by atoms with Crippen LogP contribution in [-0.4, -0.2) is 67.2 Å². The number of carbonyl (C=O) groups is 1. The molecular formula is C11H19ClF3N3O. The molecule has 1 amide bonds. The van der Waals surface area contributed by atoms with Gasteiger partial charge in [0.25, 0.3) is 0 Å². The average molecular weight is 302 g/mol. The molecule has 2 rings (SSSR count). The molecule has 2 fully saturated rings. The van der Waals surface area contributed by atoms with Crippen molar-refractivity contribution in [2.75, 3.05) is 39.3 Å². The smallest absolute Gasteiger partial charge is 0.340 e. The van der Waals surface area contributed by atoms with E-state index < -0.39 is 12.7 Å². The molecule has 8 heteroatoms. The highest BCUT2D eigenvalue weighted by Crippen LogP contribution is 2.21. The number of hydrogen-bond donors (Lipinski definition) is 1. The van der Waals surface area contributed by atoms with Gasteiger partial charge in [-0.25, -0.2) is 0 Å². The summed E-state index contributed by atoms with van der Waals surface area (Å²) in [6.45, 7) is 3.32. The van der Waals surface area contributed by atoms with Crippen LogP contribution in [0.1, 0.15) is 6.92 Å². The Hall–Kier alpha value is -0.530. The number of halogens is 4. The number of piperazine rings is 1. The minimum Gasteiger partial charge on any atom is -0.340 e. The van der Waals surface area contributed by atoms with Gasteiger partial charge in [0.05, 0.1) is 12.5 Å². The normalized spacial score (nSPS) is 25.7. The van der Waals surface area contributed by atoms with E-state index in [1.807, 2.05) is 0 Å². The maximum absolute atomic E-state index is 12.3. The Morgan fingerprint density at radius 2 is 1.95 bits per heavy atom. The first-order valence-corrected chi connectivity index (χ1v) is 6.17. The standard InChI is InChI=1S/C11H18F3N3O.ClH/c1-8-6-16(10(18)9-4-15-5-9)2-3-17(8)7-11(12,13)14;/h8-9,15H,2-7H2,1H3;1H. The summed E-state index contributed by atoms with van der Waals surface area (Å²) in [5.74, 6) is 0.0959. The van der Waals surface area contributed by atoms with E-state index in [0.29, 0.717) is 32.7 Å². The monoisotopic (exact) mass is 301 g/mol. The fraction of sp³-hybridized carbons (Fsp3) is 0.909. The third kappa shape index (κ3) is 4.22. The van der Waals surface area contributed by atoms with E-state index in [9.17, 15) is 18.0 Å². The Morgan fingerprint density at radius 3 is 2.37 bits per heavy atom. The molecular weight excluding hydrogens is 283 g/mol. The highest BCUT2D eigenvalue weighted by molar-refractivity contribution is 5.85. The van der Waals surface area contributed by atoms with Gasteiger partial charge in [0.2, 0.25) is 5.91 Å². The van der Waals surface area contributed by atoms with Gasteiger partial charge in [-0.1, -0.05) is 0 Å². The molecule has 0 aromatic heterocycles. The van der Waals surface area contributed by atoms with Crippen LogP contribution in [0, 0.1) is 5.92 Å². The molecule has 0 spiro atoms. The van der Waals surface area contributed by atoms with E-state index >= 15 is 0 Å². The Bertz CT molecular complexity index is 323. The van der Waals surface area contributed by atoms with Crippen LogP contribution in [0.15, 0.2) is 0 Å². The third-order valence-corrected chi connectivity index (χ3v) is 3.59. The first-order chi connectivity index (χ1) is 8.37. The number of rotatable bonds is 2. The summed E-state index contributed by atoms with van der Waals surface area (Å²) in [7, 11) is 0. The number of hydrogen-bond acceptors (Lipinski definition) is 3. The van der Waals surface area contributed by atoms with Crippen molar-refractivity contribution in [3.8, 4) is 0 Å². The van der Waals surface area contributed by atoms with Crippen molar-refractivity contribution in [1.82, 2.24) is 15.1 Å². The number of nitrogens with one attached hydrogen (secondary N) is 1. The van der Waals surface area contributed by atoms with Crippen LogP contribution in [-0.2, 0) is 4.79 Å². The zero-order valence-corrected chi connectivity index (χ0v) is 11.6. The third-order valence-electron chi connectivity index (χ3n) is 3.59. The molecule has 1 N–H and O–H groups in total. The van der Waals surface area contributed by atoms with E-state index in [1.54, 1.807) is 11.8 Å². The van der Waals surface area contributed by atoms with Gasteiger partial charge in [0.1, 0.15) is 0 Å². The Kier molecular flexibility index (Phi) is 5.46. The van der Waals surface area contributed by atoms with Crippen molar-refractivity contribution >= 4 is 18.3 Å². The SMILES string of the molecule is CC1CN(C(=O)C2CNC2)CCN1CC(F)(F)F.Cl. The summed E-state index contributed by atoms with van der Waals surface area (Å²) in [5, 5.41) is 3.03. The summed E-state index contributed by atoms with van der Waals surface area (Å²) in [4.78, 5) is 15.1. The number of carbonyl (C=O) groups excluding carboxylic acids is 1. The molecule has 4 nitrogen and oxygen atoms in total. The summed E-state index contributed by atoms with van der Waals surface area (Å²) in [6, 6.07) is -0.239. The van der Waals surface area contributed by atoms with E-state index in [-0.39, 0.29) is 30.3 Å². The largest absolute Gasteiger partial charge is 0.401 e. The number of nitrogens with zero attached hydrogens (tertiary/aromatic N) is 2. The van der Waals surface area contributed by atoms with Crippen LogP contribution in [0.4, 0.5) is 13.2 Å². The van der Waals surface area contributed by atoms with Crippen LogP contribution in [0.3, 0.4) is 0 Å². The predicted octanol–water partition coefficient (Wildman–Crippen LogP) is 0.723. The number of amides is 1. The molecule has 0 radical (unpaired) electrons. The Balaban J connectivity index is 0.00000180. The molecule has 0 aliphatic carbocycles. The topological polar surface area (TPSA) is 35.6 Å². The van der Waals surface area contributed by atoms with Gasteiger partial charge in [-0.15, -0.1) is 12.4 Å². The molecule has 0 bridgehead atoms. The second kappa shape index (κ2) is 6.28. The lowest BCUT2D eigenvalue weighted by Gasteiger charge is -2.42. The van der Waals surface area contributed by atoms with Gasteiger partial charge in [0.15, 0.2) is 0 Å². The van der Waals surface area contributed by atoms with Crippen LogP contribution >= 0.6 is 12.4 Å². The van der Waals surface area contributed by atoms with Gasteiger partial charge in [-0.3, -0.25) is 9.69 Å². The van der Waals surface area contributed by atoms with Gasteiger partial charge in [0, 0.05) is 38.8 Å². The molecule has 0 aromatic carbocycles. The van der Waals surface area contributed by atoms with Crippen molar-refractivity contribution < 1.29 is 18.0 Å². The quantitative estimate of drug-likeness (QED) is 0.816. The molecule has 2 heterocycles. The minimum atomic E-state index is -4.17. The molecule has 2 saturated heterocycles. The van der Waals surface area contributed by atoms with Crippen LogP contribution in [0.2, 0.25) is 0 Å². The van der Waals surface area contributed by atoms with Crippen molar-refractivity contribution in [2.45, 2.75) is 19.1 Å². The van der Waals surface area contributed by atoms with Gasteiger partial charge in [-0.05, 0) is 6.92 Å². The van der Waals surface area contributed by atoms with E-state index in [1.165, 1.54) is 4.90 Å². The number of alkyl halides is 3. The molecule has 1 unspecified atom stereocenters. The lowest BCUT2D eigenvalue weighted by molar-refractivity contribution is -0.159. The zero-order chi connectivity index (χ0) is 13.3. The van der Waals surface area contributed by atoms with Gasteiger partial charge >= 0.3 is 6.18 Å². The molecule has 112 valence electrons. The predicted molar refractivity (Wildman–Crippen MR) is 67.3 cm³/mol. The van der Waals surface area contributed by atoms with E-state index in [4.69, 9.17) is 0 Å². The van der Waals surface area contributed by atoms with Crippen molar-refractivity contribution in [3.05, 3.63) is 0 Å². The van der Waals surface area contributed by atoms with Crippen molar-refractivity contribution in [3.63, 3.8) is 0 Å². The van der Waals surface area contributed by atoms with E-state index in [0.717, 1.165) is 0 Å². The maximum atomic E-state index is 12.3. The lowest BCUT2D eigenvalue weighted by atomic mass is 10.0. The maximum Gasteiger partial charge on any atom is 0.401 e. The van der Waals surface area contributed by atoms with Gasteiger partial charge < -0.3 is 10.2 Å². The highest BCUT2D eigenvalue weighted by Gasteiger charge is 2.37. The summed E-state index contributed by atoms with van der Waals surface area (Å²) in [6.07, 6.45) is -4.17. The Labute approximate surface area is 116 Å². The molecule has 0 saturated carbocycles. The lowest BCUT2D eigenvalue weighted by Crippen LogP contribution is -2.59. The highest BCUT2D eigenvalue weighted by atomic mass is 35.5.